The van der Waals surface area contributed by atoms with Gasteiger partial charge in [-0.05, 0) is 42.5 Å². The van der Waals surface area contributed by atoms with E-state index in [0.717, 1.165) is 36.4 Å². The average Bonchev–Trinajstić information content (AvgIpc) is 2.48. The van der Waals surface area contributed by atoms with Crippen LogP contribution in [0.25, 0.3) is 0 Å². The van der Waals surface area contributed by atoms with Gasteiger partial charge in [0.25, 0.3) is 0 Å². The number of alkyl halides is 3. The van der Waals surface area contributed by atoms with Gasteiger partial charge in [-0.25, -0.2) is 4.39 Å². The molecule has 0 aliphatic rings. The second-order valence-electron chi connectivity index (χ2n) is 4.61. The number of hydrogen-bond donors (Lipinski definition) is 2. The van der Waals surface area contributed by atoms with E-state index in [4.69, 9.17) is 11.6 Å². The van der Waals surface area contributed by atoms with Crippen LogP contribution in [0.3, 0.4) is 0 Å². The molecule has 23 heavy (non-hydrogen) atoms. The molecule has 0 amide bonds. The molecule has 0 aromatic heterocycles. The van der Waals surface area contributed by atoms with E-state index in [9.17, 15) is 27.5 Å². The van der Waals surface area contributed by atoms with Gasteiger partial charge in [0.2, 0.25) is 5.78 Å². The molecule has 1 atom stereocenters. The first-order valence-corrected chi connectivity index (χ1v) is 6.67. The van der Waals surface area contributed by atoms with Crippen molar-refractivity contribution in [1.29, 1.82) is 0 Å². The van der Waals surface area contributed by atoms with Crippen molar-refractivity contribution in [1.82, 2.24) is 0 Å². The summed E-state index contributed by atoms with van der Waals surface area (Å²) in [6.45, 7) is 0. The van der Waals surface area contributed by atoms with Crippen molar-refractivity contribution >= 4 is 23.1 Å². The van der Waals surface area contributed by atoms with Crippen molar-refractivity contribution in [3.8, 4) is 0 Å². The first-order valence-electron chi connectivity index (χ1n) is 6.29. The molecule has 0 spiro atoms. The van der Waals surface area contributed by atoms with Crippen LogP contribution < -0.4 is 5.32 Å². The quantitative estimate of drug-likeness (QED) is 0.497. The fourth-order valence-electron chi connectivity index (χ4n) is 1.80. The number of hydrogen-bond acceptors (Lipinski definition) is 3. The van der Waals surface area contributed by atoms with Gasteiger partial charge in [-0.3, -0.25) is 4.79 Å². The van der Waals surface area contributed by atoms with Crippen molar-refractivity contribution in [2.45, 2.75) is 12.4 Å². The van der Waals surface area contributed by atoms with Gasteiger partial charge in [0.15, 0.2) is 6.23 Å². The highest BCUT2D eigenvalue weighted by molar-refractivity contribution is 6.33. The van der Waals surface area contributed by atoms with E-state index in [0.29, 0.717) is 6.07 Å². The van der Waals surface area contributed by atoms with Crippen LogP contribution >= 0.6 is 11.6 Å². The summed E-state index contributed by atoms with van der Waals surface area (Å²) in [5.74, 6) is -1.40. The van der Waals surface area contributed by atoms with Crippen molar-refractivity contribution in [3.05, 3.63) is 64.4 Å². The minimum absolute atomic E-state index is 0.00509. The van der Waals surface area contributed by atoms with E-state index in [1.54, 1.807) is 0 Å². The Morgan fingerprint density at radius 3 is 2.30 bits per heavy atom. The lowest BCUT2D eigenvalue weighted by molar-refractivity contribution is -0.137. The molecule has 0 heterocycles. The van der Waals surface area contributed by atoms with Crippen LogP contribution in [-0.4, -0.2) is 17.1 Å². The van der Waals surface area contributed by atoms with Crippen LogP contribution in [-0.2, 0) is 6.18 Å². The summed E-state index contributed by atoms with van der Waals surface area (Å²) in [6.07, 6.45) is -6.42. The lowest BCUT2D eigenvalue weighted by atomic mass is 10.1. The number of rotatable bonds is 4. The van der Waals surface area contributed by atoms with E-state index in [-0.39, 0.29) is 16.3 Å². The van der Waals surface area contributed by atoms with E-state index in [1.165, 1.54) is 0 Å². The van der Waals surface area contributed by atoms with Crippen molar-refractivity contribution in [2.24, 2.45) is 0 Å². The van der Waals surface area contributed by atoms with Gasteiger partial charge in [0, 0.05) is 5.56 Å². The Kier molecular flexibility index (Phi) is 4.91. The minimum Gasteiger partial charge on any atom is -0.367 e. The lowest BCUT2D eigenvalue weighted by Gasteiger charge is -2.16. The highest BCUT2D eigenvalue weighted by Gasteiger charge is 2.31. The zero-order valence-corrected chi connectivity index (χ0v) is 12.1. The Bertz CT molecular complexity index is 716. The Morgan fingerprint density at radius 1 is 1.13 bits per heavy atom. The largest absolute Gasteiger partial charge is 0.416 e. The standard InChI is InChI=1S/C15H10ClF4NO2/c16-11-6-3-9(15(18,19)20)7-12(11)21-14(23)13(22)8-1-4-10(17)5-2-8/h1-7,14,21,23H/t14-/m0/s1. The number of halogens is 5. The number of nitrogens with one attached hydrogen (secondary N) is 1. The lowest BCUT2D eigenvalue weighted by Crippen LogP contribution is -2.29. The summed E-state index contributed by atoms with van der Waals surface area (Å²) >= 11 is 5.76. The smallest absolute Gasteiger partial charge is 0.367 e. The van der Waals surface area contributed by atoms with E-state index in [1.807, 2.05) is 0 Å². The van der Waals surface area contributed by atoms with Crippen LogP contribution in [0.15, 0.2) is 42.5 Å². The SMILES string of the molecule is O=C(c1ccc(F)cc1)[C@H](O)Nc1cc(C(F)(F)F)ccc1Cl. The molecular formula is C15H10ClF4NO2. The van der Waals surface area contributed by atoms with E-state index >= 15 is 0 Å². The average molecular weight is 348 g/mol. The van der Waals surface area contributed by atoms with Crippen molar-refractivity contribution in [2.75, 3.05) is 5.32 Å². The summed E-state index contributed by atoms with van der Waals surface area (Å²) < 4.78 is 50.8. The third kappa shape index (κ3) is 4.20. The van der Waals surface area contributed by atoms with Gasteiger partial charge in [0.05, 0.1) is 16.3 Å². The molecule has 2 aromatic rings. The van der Waals surface area contributed by atoms with Crippen LogP contribution in [0.5, 0.6) is 0 Å². The van der Waals surface area contributed by atoms with Crippen molar-refractivity contribution in [3.63, 3.8) is 0 Å². The summed E-state index contributed by atoms with van der Waals surface area (Å²) in [5, 5.41) is 11.9. The number of ketones is 1. The first kappa shape index (κ1) is 17.2. The molecule has 2 rings (SSSR count). The number of anilines is 1. The molecule has 0 aliphatic heterocycles. The van der Waals surface area contributed by atoms with Gasteiger partial charge in [-0.2, -0.15) is 13.2 Å². The monoisotopic (exact) mass is 347 g/mol. The summed E-state index contributed by atoms with van der Waals surface area (Å²) in [5.41, 5.74) is -1.23. The van der Waals surface area contributed by atoms with Gasteiger partial charge in [-0.1, -0.05) is 11.6 Å². The molecule has 0 unspecified atom stereocenters. The fraction of sp³-hybridized carbons (Fsp3) is 0.133. The molecule has 0 saturated carbocycles. The van der Waals surface area contributed by atoms with Crippen LogP contribution in [0.2, 0.25) is 5.02 Å². The van der Waals surface area contributed by atoms with E-state index in [2.05, 4.69) is 5.32 Å². The summed E-state index contributed by atoms with van der Waals surface area (Å²) in [7, 11) is 0. The maximum Gasteiger partial charge on any atom is 0.416 e. The predicted octanol–water partition coefficient (Wildman–Crippen LogP) is 4.11. The zero-order valence-electron chi connectivity index (χ0n) is 11.4. The Labute approximate surface area is 133 Å². The zero-order chi connectivity index (χ0) is 17.2. The molecule has 0 radical (unpaired) electrons. The molecule has 0 fully saturated rings. The number of carbonyl (C=O) groups is 1. The molecule has 2 N–H and O–H groups in total. The number of Topliss-reactive ketones (excluding diaryl/α,β-unsaturated/α-hetero) is 1. The third-order valence-electron chi connectivity index (χ3n) is 2.96. The molecule has 122 valence electrons. The molecule has 2 aromatic carbocycles. The van der Waals surface area contributed by atoms with E-state index < -0.39 is 29.6 Å². The molecule has 3 nitrogen and oxygen atoms in total. The molecule has 0 aliphatic carbocycles. The number of benzene rings is 2. The van der Waals surface area contributed by atoms with Crippen LogP contribution in [0.1, 0.15) is 15.9 Å². The normalized spacial score (nSPS) is 12.8. The van der Waals surface area contributed by atoms with Crippen LogP contribution in [0.4, 0.5) is 23.2 Å². The highest BCUT2D eigenvalue weighted by atomic mass is 35.5. The summed E-state index contributed by atoms with van der Waals surface area (Å²) in [4.78, 5) is 12.0. The van der Waals surface area contributed by atoms with Gasteiger partial charge in [-0.15, -0.1) is 0 Å². The maximum absolute atomic E-state index is 12.8. The summed E-state index contributed by atoms with van der Waals surface area (Å²) in [6, 6.07) is 6.81. The molecule has 0 bridgehead atoms. The third-order valence-corrected chi connectivity index (χ3v) is 3.29. The van der Waals surface area contributed by atoms with Gasteiger partial charge >= 0.3 is 6.18 Å². The topological polar surface area (TPSA) is 49.3 Å². The van der Waals surface area contributed by atoms with Gasteiger partial charge < -0.3 is 10.4 Å². The minimum atomic E-state index is -4.59. The van der Waals surface area contributed by atoms with Crippen LogP contribution in [0, 0.1) is 5.82 Å². The second kappa shape index (κ2) is 6.55. The Morgan fingerprint density at radius 2 is 1.74 bits per heavy atom. The van der Waals surface area contributed by atoms with Crippen molar-refractivity contribution < 1.29 is 27.5 Å². The number of aliphatic hydroxyl groups is 1. The fourth-order valence-corrected chi connectivity index (χ4v) is 1.97. The Hall–Kier alpha value is -2.12. The molecular weight excluding hydrogens is 338 g/mol. The first-order chi connectivity index (χ1) is 10.7. The number of aliphatic hydroxyl groups excluding tert-OH is 1. The van der Waals surface area contributed by atoms with Gasteiger partial charge in [0.1, 0.15) is 5.82 Å². The second-order valence-corrected chi connectivity index (χ2v) is 5.02. The predicted molar refractivity (Wildman–Crippen MR) is 76.8 cm³/mol. The number of carbonyl (C=O) groups excluding carboxylic acids is 1. The Balaban J connectivity index is 2.21. The molecule has 0 saturated heterocycles. The highest BCUT2D eigenvalue weighted by Crippen LogP contribution is 2.34. The molecule has 8 heteroatoms. The maximum atomic E-state index is 12.8.